The number of likely N-dealkylation sites (N-methyl/N-ethyl adjacent to an activating group) is 1. The van der Waals surface area contributed by atoms with Gasteiger partial charge in [0.25, 0.3) is 0 Å². The van der Waals surface area contributed by atoms with Gasteiger partial charge >= 0.3 is 5.97 Å². The summed E-state index contributed by atoms with van der Waals surface area (Å²) in [5.41, 5.74) is 2.00. The maximum atomic E-state index is 13.2. The van der Waals surface area contributed by atoms with Gasteiger partial charge in [-0.25, -0.2) is 18.1 Å². The summed E-state index contributed by atoms with van der Waals surface area (Å²) in [6.45, 7) is 2.05. The lowest BCUT2D eigenvalue weighted by Crippen LogP contribution is -2.37. The first-order chi connectivity index (χ1) is 18.4. The number of aromatic nitrogens is 2. The highest BCUT2D eigenvalue weighted by Crippen LogP contribution is 2.31. The Morgan fingerprint density at radius 1 is 1.23 bits per heavy atom. The van der Waals surface area contributed by atoms with Crippen LogP contribution in [-0.4, -0.2) is 85.7 Å². The van der Waals surface area contributed by atoms with Crippen molar-refractivity contribution in [3.05, 3.63) is 42.5 Å². The topological polar surface area (TPSA) is 160 Å². The van der Waals surface area contributed by atoms with Crippen molar-refractivity contribution in [2.24, 2.45) is 0 Å². The van der Waals surface area contributed by atoms with E-state index in [-0.39, 0.29) is 42.0 Å². The van der Waals surface area contributed by atoms with Crippen molar-refractivity contribution in [3.63, 3.8) is 0 Å². The van der Waals surface area contributed by atoms with Gasteiger partial charge in [0.2, 0.25) is 15.9 Å². The minimum Gasteiger partial charge on any atom is -0.490 e. The predicted molar refractivity (Wildman–Crippen MR) is 148 cm³/mol. The van der Waals surface area contributed by atoms with Crippen molar-refractivity contribution >= 4 is 56.7 Å². The van der Waals surface area contributed by atoms with E-state index in [2.05, 4.69) is 15.0 Å². The number of hydrogen-bond donors (Lipinski definition) is 3. The maximum absolute atomic E-state index is 13.2. The standard InChI is InChI=1S/C25H31N5O7S2/c1-16(30-20-8-6-5-7-19(20)27-25(30)38-4)15-37-21-11-17(26-23(32)13-29(2)3)9-10-22(21)39(35,36)28-18(14-31)12-24(33)34/h5-11,14,16,18,28H,12-13,15H2,1-4H3,(H,26,32)(H,33,34)/t16?,18-/m0/s1. The van der Waals surface area contributed by atoms with Crippen LogP contribution in [0.25, 0.3) is 11.0 Å². The van der Waals surface area contributed by atoms with Gasteiger partial charge in [-0.1, -0.05) is 23.9 Å². The molecule has 210 valence electrons. The molecule has 1 amide bonds. The Morgan fingerprint density at radius 3 is 2.59 bits per heavy atom. The summed E-state index contributed by atoms with van der Waals surface area (Å²) in [5, 5.41) is 12.5. The molecule has 2 aromatic carbocycles. The van der Waals surface area contributed by atoms with E-state index < -0.39 is 28.5 Å². The van der Waals surface area contributed by atoms with Crippen LogP contribution in [0, 0.1) is 0 Å². The number of carboxylic acids is 1. The third-order valence-electron chi connectivity index (χ3n) is 5.51. The first kappa shape index (κ1) is 30.1. The molecule has 1 heterocycles. The van der Waals surface area contributed by atoms with Crippen LogP contribution in [0.15, 0.2) is 52.5 Å². The van der Waals surface area contributed by atoms with Crippen LogP contribution >= 0.6 is 11.8 Å². The number of carbonyl (C=O) groups excluding carboxylic acids is 2. The summed E-state index contributed by atoms with van der Waals surface area (Å²) in [7, 11) is -0.903. The summed E-state index contributed by atoms with van der Waals surface area (Å²) >= 11 is 1.46. The van der Waals surface area contributed by atoms with Gasteiger partial charge in [-0.3, -0.25) is 9.59 Å². The zero-order chi connectivity index (χ0) is 28.7. The van der Waals surface area contributed by atoms with Crippen LogP contribution < -0.4 is 14.8 Å². The van der Waals surface area contributed by atoms with Gasteiger partial charge < -0.3 is 29.4 Å². The van der Waals surface area contributed by atoms with Crippen LogP contribution in [0.3, 0.4) is 0 Å². The zero-order valence-corrected chi connectivity index (χ0v) is 23.6. The van der Waals surface area contributed by atoms with Gasteiger partial charge in [-0.2, -0.15) is 0 Å². The second-order valence-electron chi connectivity index (χ2n) is 9.03. The first-order valence-corrected chi connectivity index (χ1v) is 14.6. The third kappa shape index (κ3) is 7.79. The molecule has 0 saturated heterocycles. The van der Waals surface area contributed by atoms with Crippen molar-refractivity contribution in [1.29, 1.82) is 0 Å². The van der Waals surface area contributed by atoms with E-state index in [4.69, 9.17) is 9.84 Å². The molecule has 0 radical (unpaired) electrons. The number of rotatable bonds is 14. The first-order valence-electron chi connectivity index (χ1n) is 11.9. The van der Waals surface area contributed by atoms with Crippen LogP contribution in [0.5, 0.6) is 5.75 Å². The normalized spacial score (nSPS) is 13.3. The van der Waals surface area contributed by atoms with Crippen molar-refractivity contribution in [2.45, 2.75) is 35.5 Å². The number of fused-ring (bicyclic) bond motifs is 1. The van der Waals surface area contributed by atoms with Crippen LogP contribution in [0.4, 0.5) is 5.69 Å². The number of anilines is 1. The monoisotopic (exact) mass is 577 g/mol. The summed E-state index contributed by atoms with van der Waals surface area (Å²) in [6.07, 6.45) is 1.40. The number of imidazole rings is 1. The second-order valence-corrected chi connectivity index (χ2v) is 11.5. The van der Waals surface area contributed by atoms with E-state index in [9.17, 15) is 22.8 Å². The molecular formula is C25H31N5O7S2. The number of amides is 1. The Balaban J connectivity index is 1.95. The molecule has 0 fully saturated rings. The molecule has 0 spiro atoms. The molecule has 0 bridgehead atoms. The van der Waals surface area contributed by atoms with E-state index in [1.165, 1.54) is 30.0 Å². The van der Waals surface area contributed by atoms with Crippen LogP contribution in [0.2, 0.25) is 0 Å². The Kier molecular flexibility index (Phi) is 10.1. The highest BCUT2D eigenvalue weighted by molar-refractivity contribution is 7.98. The predicted octanol–water partition coefficient (Wildman–Crippen LogP) is 2.22. The van der Waals surface area contributed by atoms with Gasteiger partial charge in [0.05, 0.1) is 36.1 Å². The highest BCUT2D eigenvalue weighted by Gasteiger charge is 2.26. The largest absolute Gasteiger partial charge is 0.490 e. The number of benzene rings is 2. The SMILES string of the molecule is CSc1nc2ccccc2n1C(C)COc1cc(NC(=O)CN(C)C)ccc1S(=O)(=O)N[C@H](C=O)CC(=O)O. The second kappa shape index (κ2) is 13.1. The average Bonchev–Trinajstić information content (AvgIpc) is 3.24. The van der Waals surface area contributed by atoms with E-state index in [1.54, 1.807) is 19.0 Å². The Bertz CT molecular complexity index is 1460. The number of aliphatic carboxylic acids is 1. The third-order valence-corrected chi connectivity index (χ3v) is 7.69. The van der Waals surface area contributed by atoms with E-state index in [0.717, 1.165) is 16.2 Å². The van der Waals surface area contributed by atoms with Crippen LogP contribution in [-0.2, 0) is 24.4 Å². The van der Waals surface area contributed by atoms with Crippen molar-refractivity contribution in [2.75, 3.05) is 38.8 Å². The number of ether oxygens (including phenoxy) is 1. The van der Waals surface area contributed by atoms with Gasteiger partial charge in [-0.05, 0) is 51.5 Å². The number of carboxylic acid groups (broad SMARTS) is 1. The fourth-order valence-electron chi connectivity index (χ4n) is 3.85. The molecule has 1 aromatic heterocycles. The van der Waals surface area contributed by atoms with E-state index in [0.29, 0.717) is 5.69 Å². The minimum absolute atomic E-state index is 0.0395. The summed E-state index contributed by atoms with van der Waals surface area (Å²) in [6, 6.07) is 9.87. The van der Waals surface area contributed by atoms with Gasteiger partial charge in [0.1, 0.15) is 23.5 Å². The number of thioether (sulfide) groups is 1. The van der Waals surface area contributed by atoms with E-state index >= 15 is 0 Å². The van der Waals surface area contributed by atoms with Gasteiger partial charge in [-0.15, -0.1) is 0 Å². The van der Waals surface area contributed by atoms with Crippen molar-refractivity contribution < 1.29 is 32.6 Å². The number of carbonyl (C=O) groups is 3. The molecule has 3 N–H and O–H groups in total. The molecule has 39 heavy (non-hydrogen) atoms. The van der Waals surface area contributed by atoms with Crippen molar-refractivity contribution in [1.82, 2.24) is 19.2 Å². The van der Waals surface area contributed by atoms with Gasteiger partial charge in [0.15, 0.2) is 5.16 Å². The molecule has 0 aliphatic carbocycles. The maximum Gasteiger partial charge on any atom is 0.305 e. The molecule has 2 atom stereocenters. The molecular weight excluding hydrogens is 546 g/mol. The van der Waals surface area contributed by atoms with Crippen molar-refractivity contribution in [3.8, 4) is 5.75 Å². The Hall–Kier alpha value is -3.46. The number of aldehydes is 1. The molecule has 0 aliphatic heterocycles. The number of sulfonamides is 1. The lowest BCUT2D eigenvalue weighted by molar-refractivity contribution is -0.138. The molecule has 1 unspecified atom stereocenters. The lowest BCUT2D eigenvalue weighted by Gasteiger charge is -2.20. The Labute approximate surface area is 230 Å². The number of hydrogen-bond acceptors (Lipinski definition) is 9. The minimum atomic E-state index is -4.38. The number of nitrogens with zero attached hydrogens (tertiary/aromatic N) is 3. The summed E-state index contributed by atoms with van der Waals surface area (Å²) in [5.74, 6) is -1.73. The molecule has 3 rings (SSSR count). The average molecular weight is 578 g/mol. The summed E-state index contributed by atoms with van der Waals surface area (Å²) in [4.78, 5) is 40.7. The highest BCUT2D eigenvalue weighted by atomic mass is 32.2. The van der Waals surface area contributed by atoms with Gasteiger partial charge in [0, 0.05) is 11.8 Å². The molecule has 14 heteroatoms. The van der Waals surface area contributed by atoms with Crippen LogP contribution in [0.1, 0.15) is 19.4 Å². The molecule has 3 aromatic rings. The van der Waals surface area contributed by atoms with E-state index in [1.807, 2.05) is 42.0 Å². The molecule has 0 aliphatic rings. The number of para-hydroxylation sites is 2. The lowest BCUT2D eigenvalue weighted by atomic mass is 10.2. The number of nitrogens with one attached hydrogen (secondary N) is 2. The molecule has 0 saturated carbocycles. The fraction of sp³-hybridized carbons (Fsp3) is 0.360. The fourth-order valence-corrected chi connectivity index (χ4v) is 5.81. The molecule has 12 nitrogen and oxygen atoms in total. The Morgan fingerprint density at radius 2 is 1.95 bits per heavy atom. The quantitative estimate of drug-likeness (QED) is 0.191. The zero-order valence-electron chi connectivity index (χ0n) is 21.9. The summed E-state index contributed by atoms with van der Waals surface area (Å²) < 4.78 is 36.5. The smallest absolute Gasteiger partial charge is 0.305 e.